The number of ether oxygens (including phenoxy) is 5. The summed E-state index contributed by atoms with van der Waals surface area (Å²) in [5, 5.41) is 0. The summed E-state index contributed by atoms with van der Waals surface area (Å²) >= 11 is 0. The minimum atomic E-state index is -0.298. The number of hydrogen-bond acceptors (Lipinski definition) is 8. The molecule has 0 saturated carbocycles. The van der Waals surface area contributed by atoms with Gasteiger partial charge in [0.05, 0.1) is 58.3 Å². The van der Waals surface area contributed by atoms with E-state index in [1.54, 1.807) is 36.4 Å². The van der Waals surface area contributed by atoms with Crippen LogP contribution in [0.2, 0.25) is 0 Å². The molecular weight excluding hydrogens is 418 g/mol. The number of nitrogens with zero attached hydrogens (tertiary/aromatic N) is 1. The van der Waals surface area contributed by atoms with Crippen LogP contribution in [0.3, 0.4) is 0 Å². The van der Waals surface area contributed by atoms with Crippen molar-refractivity contribution in [3.8, 4) is 17.2 Å². The largest absolute Gasteiger partial charge is 0.493 e. The molecule has 0 aromatic heterocycles. The number of hydrogen-bond donors (Lipinski definition) is 0. The lowest BCUT2D eigenvalue weighted by Crippen LogP contribution is -2.33. The maximum absolute atomic E-state index is 12.3. The molecular formula is C23H25NO8. The highest BCUT2D eigenvalue weighted by Crippen LogP contribution is 2.38. The number of fused-ring (bicyclic) bond motifs is 1. The number of aldehydes is 1. The SMILES string of the molecule is COc1cc(C=O)cc(OCCOCCOCCN2C(=O)c3ccccc3C2=O)c1OC. The molecule has 2 aromatic rings. The van der Waals surface area contributed by atoms with E-state index in [9.17, 15) is 14.4 Å². The van der Waals surface area contributed by atoms with Crippen molar-refractivity contribution >= 4 is 18.1 Å². The number of methoxy groups -OCH3 is 2. The molecule has 1 aliphatic heterocycles. The molecule has 0 unspecified atom stereocenters. The van der Waals surface area contributed by atoms with Gasteiger partial charge in [0, 0.05) is 5.56 Å². The van der Waals surface area contributed by atoms with Gasteiger partial charge in [0.25, 0.3) is 11.8 Å². The number of carbonyl (C=O) groups is 3. The fourth-order valence-corrected chi connectivity index (χ4v) is 3.26. The first-order chi connectivity index (χ1) is 15.6. The second-order valence-electron chi connectivity index (χ2n) is 6.75. The summed E-state index contributed by atoms with van der Waals surface area (Å²) < 4.78 is 27.1. The van der Waals surface area contributed by atoms with Crippen molar-refractivity contribution in [1.82, 2.24) is 4.90 Å². The molecule has 9 nitrogen and oxygen atoms in total. The van der Waals surface area contributed by atoms with Crippen LogP contribution in [0.5, 0.6) is 17.2 Å². The van der Waals surface area contributed by atoms with Crippen molar-refractivity contribution in [2.45, 2.75) is 0 Å². The molecule has 9 heteroatoms. The normalized spacial score (nSPS) is 12.6. The van der Waals surface area contributed by atoms with Crippen LogP contribution in [0.15, 0.2) is 36.4 Å². The molecule has 3 rings (SSSR count). The number of amides is 2. The molecule has 0 aliphatic carbocycles. The summed E-state index contributed by atoms with van der Waals surface area (Å²) in [6, 6.07) is 9.89. The Morgan fingerprint density at radius 3 is 2.00 bits per heavy atom. The Kier molecular flexibility index (Phi) is 8.18. The van der Waals surface area contributed by atoms with Crippen LogP contribution < -0.4 is 14.2 Å². The summed E-state index contributed by atoms with van der Waals surface area (Å²) in [5.41, 5.74) is 1.26. The van der Waals surface area contributed by atoms with Gasteiger partial charge in [0.2, 0.25) is 5.75 Å². The Balaban J connectivity index is 1.33. The van der Waals surface area contributed by atoms with Gasteiger partial charge >= 0.3 is 0 Å². The second kappa shape index (κ2) is 11.3. The number of benzene rings is 2. The third-order valence-electron chi connectivity index (χ3n) is 4.80. The zero-order valence-electron chi connectivity index (χ0n) is 18.0. The first kappa shape index (κ1) is 23.2. The van der Waals surface area contributed by atoms with Gasteiger partial charge in [0.1, 0.15) is 12.9 Å². The molecule has 1 heterocycles. The molecule has 0 bridgehead atoms. The lowest BCUT2D eigenvalue weighted by molar-refractivity contribution is 0.0280. The third-order valence-corrected chi connectivity index (χ3v) is 4.80. The van der Waals surface area contributed by atoms with E-state index < -0.39 is 0 Å². The van der Waals surface area contributed by atoms with Gasteiger partial charge in [0.15, 0.2) is 11.5 Å². The van der Waals surface area contributed by atoms with E-state index in [4.69, 9.17) is 23.7 Å². The predicted molar refractivity (Wildman–Crippen MR) is 114 cm³/mol. The monoisotopic (exact) mass is 443 g/mol. The Bertz CT molecular complexity index is 939. The van der Waals surface area contributed by atoms with E-state index >= 15 is 0 Å². The molecule has 0 fully saturated rings. The van der Waals surface area contributed by atoms with Gasteiger partial charge in [-0.15, -0.1) is 0 Å². The van der Waals surface area contributed by atoms with E-state index in [0.29, 0.717) is 60.0 Å². The Labute approximate surface area is 185 Å². The summed E-state index contributed by atoms with van der Waals surface area (Å²) in [6.45, 7) is 1.56. The summed E-state index contributed by atoms with van der Waals surface area (Å²) in [7, 11) is 2.97. The van der Waals surface area contributed by atoms with E-state index in [0.717, 1.165) is 0 Å². The average molecular weight is 443 g/mol. The molecule has 170 valence electrons. The van der Waals surface area contributed by atoms with Crippen molar-refractivity contribution in [2.75, 3.05) is 53.8 Å². The quantitative estimate of drug-likeness (QED) is 0.264. The average Bonchev–Trinajstić information content (AvgIpc) is 3.07. The molecule has 2 aromatic carbocycles. The van der Waals surface area contributed by atoms with Gasteiger partial charge in [-0.25, -0.2) is 0 Å². The predicted octanol–water partition coefficient (Wildman–Crippen LogP) is 2.22. The highest BCUT2D eigenvalue weighted by Gasteiger charge is 2.34. The van der Waals surface area contributed by atoms with Crippen LogP contribution in [0.4, 0.5) is 0 Å². The first-order valence-electron chi connectivity index (χ1n) is 10.1. The third kappa shape index (κ3) is 5.24. The molecule has 0 N–H and O–H groups in total. The smallest absolute Gasteiger partial charge is 0.261 e. The van der Waals surface area contributed by atoms with E-state index in [1.807, 2.05) is 0 Å². The van der Waals surface area contributed by atoms with Crippen LogP contribution in [0.25, 0.3) is 0 Å². The fourth-order valence-electron chi connectivity index (χ4n) is 3.26. The lowest BCUT2D eigenvalue weighted by atomic mass is 10.1. The maximum Gasteiger partial charge on any atom is 0.261 e. The fraction of sp³-hybridized carbons (Fsp3) is 0.348. The van der Waals surface area contributed by atoms with E-state index in [2.05, 4.69) is 0 Å². The van der Waals surface area contributed by atoms with Crippen molar-refractivity contribution in [2.24, 2.45) is 0 Å². The minimum Gasteiger partial charge on any atom is -0.493 e. The lowest BCUT2D eigenvalue weighted by Gasteiger charge is -2.15. The molecule has 0 radical (unpaired) electrons. The minimum absolute atomic E-state index is 0.185. The van der Waals surface area contributed by atoms with E-state index in [1.165, 1.54) is 19.1 Å². The molecule has 0 spiro atoms. The van der Waals surface area contributed by atoms with Crippen molar-refractivity contribution in [1.29, 1.82) is 0 Å². The maximum atomic E-state index is 12.3. The van der Waals surface area contributed by atoms with Crippen LogP contribution in [0, 0.1) is 0 Å². The summed E-state index contributed by atoms with van der Waals surface area (Å²) in [5.74, 6) is 0.588. The van der Waals surface area contributed by atoms with Crippen molar-refractivity contribution in [3.63, 3.8) is 0 Å². The summed E-state index contributed by atoms with van der Waals surface area (Å²) in [6.07, 6.45) is 0.699. The number of rotatable bonds is 13. The van der Waals surface area contributed by atoms with Crippen LogP contribution >= 0.6 is 0 Å². The highest BCUT2D eigenvalue weighted by molar-refractivity contribution is 6.21. The van der Waals surface area contributed by atoms with Crippen LogP contribution in [-0.4, -0.2) is 76.8 Å². The van der Waals surface area contributed by atoms with Crippen LogP contribution in [-0.2, 0) is 9.47 Å². The molecule has 32 heavy (non-hydrogen) atoms. The molecule has 0 atom stereocenters. The van der Waals surface area contributed by atoms with Gasteiger partial charge in [-0.3, -0.25) is 19.3 Å². The van der Waals surface area contributed by atoms with Crippen LogP contribution in [0.1, 0.15) is 31.1 Å². The van der Waals surface area contributed by atoms with Gasteiger partial charge in [-0.1, -0.05) is 12.1 Å². The Morgan fingerprint density at radius 1 is 0.812 bits per heavy atom. The number of imide groups is 1. The molecule has 1 aliphatic rings. The van der Waals surface area contributed by atoms with Gasteiger partial charge in [-0.05, 0) is 24.3 Å². The van der Waals surface area contributed by atoms with Crippen molar-refractivity contribution in [3.05, 3.63) is 53.1 Å². The van der Waals surface area contributed by atoms with Gasteiger partial charge in [-0.2, -0.15) is 0 Å². The van der Waals surface area contributed by atoms with Gasteiger partial charge < -0.3 is 23.7 Å². The first-order valence-corrected chi connectivity index (χ1v) is 10.1. The Hall–Kier alpha value is -3.43. The zero-order chi connectivity index (χ0) is 22.9. The number of carbonyl (C=O) groups excluding carboxylic acids is 3. The standard InChI is InChI=1S/C23H25NO8/c1-28-19-13-16(15-25)14-20(21(19)29-2)32-12-11-31-10-9-30-8-7-24-22(26)17-5-3-4-6-18(17)23(24)27/h3-6,13-15H,7-12H2,1-2H3. The second-order valence-corrected chi connectivity index (χ2v) is 6.75. The highest BCUT2D eigenvalue weighted by atomic mass is 16.6. The topological polar surface area (TPSA) is 101 Å². The van der Waals surface area contributed by atoms with E-state index in [-0.39, 0.29) is 31.6 Å². The summed E-state index contributed by atoms with van der Waals surface area (Å²) in [4.78, 5) is 36.8. The Morgan fingerprint density at radius 2 is 1.41 bits per heavy atom. The molecule has 2 amide bonds. The van der Waals surface area contributed by atoms with Crippen molar-refractivity contribution < 1.29 is 38.1 Å². The molecule has 0 saturated heterocycles. The zero-order valence-corrected chi connectivity index (χ0v) is 18.0.